The Morgan fingerprint density at radius 1 is 0.941 bits per heavy atom. The van der Waals surface area contributed by atoms with Crippen LogP contribution in [0.15, 0.2) is 84.9 Å². The minimum Gasteiger partial charge on any atom is -0.384 e. The van der Waals surface area contributed by atoms with Crippen LogP contribution in [0.2, 0.25) is 0 Å². The SMILES string of the molecule is Nc1cccc(Cn2c(-c3ccccc3)ccc2-c2ccc(C(=O)NCC3CCCO3)cc2)n1. The number of nitrogens with two attached hydrogens (primary N) is 1. The van der Waals surface area contributed by atoms with E-state index in [-0.39, 0.29) is 12.0 Å². The Bertz CT molecular complexity index is 1260. The summed E-state index contributed by atoms with van der Waals surface area (Å²) in [4.78, 5) is 17.1. The molecule has 0 saturated carbocycles. The van der Waals surface area contributed by atoms with E-state index in [0.29, 0.717) is 24.5 Å². The van der Waals surface area contributed by atoms with Crippen molar-refractivity contribution >= 4 is 11.7 Å². The molecule has 6 heteroatoms. The molecular formula is C28H28N4O2. The van der Waals surface area contributed by atoms with Gasteiger partial charge in [0.2, 0.25) is 0 Å². The second kappa shape index (κ2) is 9.93. The molecule has 172 valence electrons. The number of hydrogen-bond donors (Lipinski definition) is 2. The summed E-state index contributed by atoms with van der Waals surface area (Å²) >= 11 is 0. The Hall–Kier alpha value is -3.90. The number of ether oxygens (including phenoxy) is 1. The van der Waals surface area contributed by atoms with Crippen molar-refractivity contribution in [2.75, 3.05) is 18.9 Å². The van der Waals surface area contributed by atoms with E-state index in [1.54, 1.807) is 6.07 Å². The lowest BCUT2D eigenvalue weighted by Gasteiger charge is -2.15. The average Bonchev–Trinajstić information content (AvgIpc) is 3.53. The summed E-state index contributed by atoms with van der Waals surface area (Å²) in [7, 11) is 0. The number of hydrogen-bond acceptors (Lipinski definition) is 4. The number of aromatic nitrogens is 2. The van der Waals surface area contributed by atoms with E-state index in [0.717, 1.165) is 47.7 Å². The fraction of sp³-hybridized carbons (Fsp3) is 0.214. The number of carbonyl (C=O) groups excluding carboxylic acids is 1. The number of anilines is 1. The highest BCUT2D eigenvalue weighted by Gasteiger charge is 2.17. The molecule has 34 heavy (non-hydrogen) atoms. The molecule has 1 aliphatic rings. The van der Waals surface area contributed by atoms with Gasteiger partial charge in [-0.2, -0.15) is 0 Å². The third-order valence-corrected chi connectivity index (χ3v) is 6.16. The number of amides is 1. The minimum absolute atomic E-state index is 0.0774. The smallest absolute Gasteiger partial charge is 0.251 e. The molecule has 1 fully saturated rings. The van der Waals surface area contributed by atoms with E-state index in [1.807, 2.05) is 54.6 Å². The van der Waals surface area contributed by atoms with E-state index in [2.05, 4.69) is 39.1 Å². The molecule has 0 aliphatic carbocycles. The lowest BCUT2D eigenvalue weighted by molar-refractivity contribution is 0.0858. The minimum atomic E-state index is -0.0774. The highest BCUT2D eigenvalue weighted by Crippen LogP contribution is 2.30. The van der Waals surface area contributed by atoms with Gasteiger partial charge >= 0.3 is 0 Å². The van der Waals surface area contributed by atoms with Crippen molar-refractivity contribution in [1.82, 2.24) is 14.9 Å². The summed E-state index contributed by atoms with van der Waals surface area (Å²) in [5.74, 6) is 0.428. The molecule has 1 aliphatic heterocycles. The standard InChI is InChI=1S/C28H28N4O2/c29-27-10-4-8-23(31-27)19-32-25(20-6-2-1-3-7-20)15-16-26(32)21-11-13-22(14-12-21)28(33)30-18-24-9-5-17-34-24/h1-4,6-8,10-16,24H,5,9,17-19H2,(H2,29,31)(H,30,33). The summed E-state index contributed by atoms with van der Waals surface area (Å²) in [5.41, 5.74) is 11.8. The Labute approximate surface area is 199 Å². The summed E-state index contributed by atoms with van der Waals surface area (Å²) < 4.78 is 7.83. The first kappa shape index (κ1) is 21.9. The van der Waals surface area contributed by atoms with Gasteiger partial charge in [0.15, 0.2) is 0 Å². The van der Waals surface area contributed by atoms with Crippen LogP contribution in [0.25, 0.3) is 22.5 Å². The molecule has 1 atom stereocenters. The van der Waals surface area contributed by atoms with Crippen LogP contribution in [-0.4, -0.2) is 34.7 Å². The molecule has 1 amide bonds. The molecule has 3 heterocycles. The summed E-state index contributed by atoms with van der Waals surface area (Å²) in [6, 6.07) is 28.0. The van der Waals surface area contributed by atoms with E-state index in [1.165, 1.54) is 0 Å². The number of rotatable bonds is 7. The molecule has 5 rings (SSSR count). The summed E-state index contributed by atoms with van der Waals surface area (Å²) in [5, 5.41) is 2.99. The molecule has 2 aromatic heterocycles. The molecule has 3 N–H and O–H groups in total. The maximum absolute atomic E-state index is 12.6. The van der Waals surface area contributed by atoms with Crippen molar-refractivity contribution in [2.24, 2.45) is 0 Å². The normalized spacial score (nSPS) is 15.4. The zero-order valence-corrected chi connectivity index (χ0v) is 19.0. The molecule has 0 radical (unpaired) electrons. The lowest BCUT2D eigenvalue weighted by Crippen LogP contribution is -2.31. The second-order valence-electron chi connectivity index (χ2n) is 8.53. The van der Waals surface area contributed by atoms with Crippen molar-refractivity contribution < 1.29 is 9.53 Å². The largest absolute Gasteiger partial charge is 0.384 e. The van der Waals surface area contributed by atoms with Crippen LogP contribution in [0.4, 0.5) is 5.82 Å². The fourth-order valence-corrected chi connectivity index (χ4v) is 4.41. The Kier molecular flexibility index (Phi) is 6.40. The van der Waals surface area contributed by atoms with Gasteiger partial charge in [-0.1, -0.05) is 48.5 Å². The fourth-order valence-electron chi connectivity index (χ4n) is 4.41. The molecule has 6 nitrogen and oxygen atoms in total. The number of carbonyl (C=O) groups is 1. The number of benzene rings is 2. The van der Waals surface area contributed by atoms with Crippen LogP contribution in [-0.2, 0) is 11.3 Å². The Balaban J connectivity index is 1.42. The number of nitrogens with one attached hydrogen (secondary N) is 1. The van der Waals surface area contributed by atoms with Gasteiger partial charge < -0.3 is 20.4 Å². The van der Waals surface area contributed by atoms with Crippen molar-refractivity contribution in [3.8, 4) is 22.5 Å². The highest BCUT2D eigenvalue weighted by atomic mass is 16.5. The van der Waals surface area contributed by atoms with Gasteiger partial charge in [0, 0.05) is 30.1 Å². The molecular weight excluding hydrogens is 424 g/mol. The molecule has 0 spiro atoms. The van der Waals surface area contributed by atoms with Crippen molar-refractivity contribution in [1.29, 1.82) is 0 Å². The van der Waals surface area contributed by atoms with Gasteiger partial charge in [0.1, 0.15) is 5.82 Å². The second-order valence-corrected chi connectivity index (χ2v) is 8.53. The number of nitrogens with zero attached hydrogens (tertiary/aromatic N) is 2. The first-order valence-electron chi connectivity index (χ1n) is 11.6. The predicted octanol–water partition coefficient (Wildman–Crippen LogP) is 4.76. The van der Waals surface area contributed by atoms with Crippen LogP contribution >= 0.6 is 0 Å². The monoisotopic (exact) mass is 452 g/mol. The summed E-state index contributed by atoms with van der Waals surface area (Å²) in [6.45, 7) is 1.92. The molecule has 1 saturated heterocycles. The Morgan fingerprint density at radius 2 is 1.68 bits per heavy atom. The van der Waals surface area contributed by atoms with E-state index < -0.39 is 0 Å². The van der Waals surface area contributed by atoms with Crippen LogP contribution < -0.4 is 11.1 Å². The molecule has 2 aromatic carbocycles. The first-order valence-corrected chi connectivity index (χ1v) is 11.6. The topological polar surface area (TPSA) is 82.2 Å². The van der Waals surface area contributed by atoms with Crippen LogP contribution in [0.5, 0.6) is 0 Å². The molecule has 0 bridgehead atoms. The Morgan fingerprint density at radius 3 is 2.35 bits per heavy atom. The maximum Gasteiger partial charge on any atom is 0.251 e. The van der Waals surface area contributed by atoms with E-state index in [4.69, 9.17) is 10.5 Å². The van der Waals surface area contributed by atoms with E-state index in [9.17, 15) is 4.79 Å². The van der Waals surface area contributed by atoms with Gasteiger partial charge in [0.05, 0.1) is 18.3 Å². The van der Waals surface area contributed by atoms with Gasteiger partial charge in [-0.25, -0.2) is 4.98 Å². The third kappa shape index (κ3) is 4.87. The molecule has 4 aromatic rings. The number of nitrogen functional groups attached to an aromatic ring is 1. The highest BCUT2D eigenvalue weighted by molar-refractivity contribution is 5.94. The van der Waals surface area contributed by atoms with Crippen LogP contribution in [0.3, 0.4) is 0 Å². The zero-order chi connectivity index (χ0) is 23.3. The van der Waals surface area contributed by atoms with Crippen LogP contribution in [0.1, 0.15) is 28.9 Å². The van der Waals surface area contributed by atoms with Crippen molar-refractivity contribution in [2.45, 2.75) is 25.5 Å². The van der Waals surface area contributed by atoms with Gasteiger partial charge in [-0.3, -0.25) is 4.79 Å². The van der Waals surface area contributed by atoms with E-state index >= 15 is 0 Å². The van der Waals surface area contributed by atoms with Gasteiger partial charge in [0.25, 0.3) is 5.91 Å². The lowest BCUT2D eigenvalue weighted by atomic mass is 10.1. The third-order valence-electron chi connectivity index (χ3n) is 6.16. The predicted molar refractivity (Wildman–Crippen MR) is 134 cm³/mol. The van der Waals surface area contributed by atoms with Crippen molar-refractivity contribution in [3.63, 3.8) is 0 Å². The first-order chi connectivity index (χ1) is 16.7. The molecule has 1 unspecified atom stereocenters. The quantitative estimate of drug-likeness (QED) is 0.424. The van der Waals surface area contributed by atoms with Gasteiger partial charge in [-0.15, -0.1) is 0 Å². The average molecular weight is 453 g/mol. The zero-order valence-electron chi connectivity index (χ0n) is 19.0. The number of pyridine rings is 1. The maximum atomic E-state index is 12.6. The summed E-state index contributed by atoms with van der Waals surface area (Å²) in [6.07, 6.45) is 2.19. The van der Waals surface area contributed by atoms with Crippen molar-refractivity contribution in [3.05, 3.63) is 96.2 Å². The van der Waals surface area contributed by atoms with Crippen LogP contribution in [0, 0.1) is 0 Å². The van der Waals surface area contributed by atoms with Gasteiger partial charge in [-0.05, 0) is 60.4 Å².